The molecule has 4 atom stereocenters. The summed E-state index contributed by atoms with van der Waals surface area (Å²) in [5.74, 6) is -0.175. The van der Waals surface area contributed by atoms with Crippen LogP contribution in [0.2, 0.25) is 5.02 Å². The maximum absolute atomic E-state index is 12.1. The Morgan fingerprint density at radius 1 is 1.32 bits per heavy atom. The van der Waals surface area contributed by atoms with Gasteiger partial charge in [0.2, 0.25) is 0 Å². The third-order valence-electron chi connectivity index (χ3n) is 4.26. The molecule has 1 aromatic rings. The van der Waals surface area contributed by atoms with Crippen molar-refractivity contribution in [1.82, 2.24) is 0 Å². The number of rotatable bonds is 2. The molecule has 3 nitrogen and oxygen atoms in total. The highest BCUT2D eigenvalue weighted by molar-refractivity contribution is 6.30. The molecule has 2 saturated heterocycles. The molecular weight excluding hydrogens is 264 g/mol. The van der Waals surface area contributed by atoms with Gasteiger partial charge in [-0.3, -0.25) is 4.79 Å². The zero-order valence-corrected chi connectivity index (χ0v) is 11.6. The predicted molar refractivity (Wildman–Crippen MR) is 72.2 cm³/mol. The van der Waals surface area contributed by atoms with E-state index in [0.29, 0.717) is 5.02 Å². The van der Waals surface area contributed by atoms with Gasteiger partial charge in [-0.1, -0.05) is 23.7 Å². The van der Waals surface area contributed by atoms with Crippen molar-refractivity contribution in [3.63, 3.8) is 0 Å². The summed E-state index contributed by atoms with van der Waals surface area (Å²) in [4.78, 5) is 12.1. The summed E-state index contributed by atoms with van der Waals surface area (Å²) in [6, 6.07) is 7.77. The summed E-state index contributed by atoms with van der Waals surface area (Å²) in [7, 11) is 1.45. The molecule has 1 aromatic carbocycles. The molecule has 2 aliphatic rings. The van der Waals surface area contributed by atoms with Crippen molar-refractivity contribution in [1.29, 1.82) is 0 Å². The van der Waals surface area contributed by atoms with Gasteiger partial charge in [0.1, 0.15) is 0 Å². The number of carbonyl (C=O) groups is 1. The Labute approximate surface area is 117 Å². The summed E-state index contributed by atoms with van der Waals surface area (Å²) in [5.41, 5.74) is 1.15. The van der Waals surface area contributed by atoms with Crippen LogP contribution in [-0.2, 0) is 14.3 Å². The molecule has 0 amide bonds. The summed E-state index contributed by atoms with van der Waals surface area (Å²) >= 11 is 5.93. The van der Waals surface area contributed by atoms with Gasteiger partial charge in [-0.25, -0.2) is 0 Å². The molecule has 0 spiro atoms. The van der Waals surface area contributed by atoms with Crippen molar-refractivity contribution in [3.05, 3.63) is 34.9 Å². The van der Waals surface area contributed by atoms with Crippen LogP contribution in [0.4, 0.5) is 0 Å². The Balaban J connectivity index is 1.92. The van der Waals surface area contributed by atoms with Crippen LogP contribution >= 0.6 is 11.6 Å². The first-order chi connectivity index (χ1) is 9.19. The van der Waals surface area contributed by atoms with Crippen molar-refractivity contribution in [2.24, 2.45) is 5.92 Å². The summed E-state index contributed by atoms with van der Waals surface area (Å²) in [5, 5.41) is 0.716. The number of fused-ring (bicyclic) bond motifs is 2. The third kappa shape index (κ3) is 2.37. The molecule has 0 saturated carbocycles. The predicted octanol–water partition coefficient (Wildman–Crippen LogP) is 3.16. The minimum atomic E-state index is -0.190. The first kappa shape index (κ1) is 12.9. The molecule has 0 N–H and O–H groups in total. The van der Waals surface area contributed by atoms with Gasteiger partial charge < -0.3 is 9.47 Å². The van der Waals surface area contributed by atoms with E-state index < -0.39 is 0 Å². The smallest absolute Gasteiger partial charge is 0.311 e. The Morgan fingerprint density at radius 2 is 2.05 bits per heavy atom. The van der Waals surface area contributed by atoms with E-state index >= 15 is 0 Å². The topological polar surface area (TPSA) is 35.5 Å². The Morgan fingerprint density at radius 3 is 2.74 bits per heavy atom. The lowest BCUT2D eigenvalue weighted by Gasteiger charge is -2.35. The standard InChI is InChI=1S/C15H17ClO3/c1-18-15(17)14-12(8-11-6-7-13(14)19-11)9-2-4-10(16)5-3-9/h2-5,11-14H,6-8H2,1H3/t11?,12?,13-,14?/m0/s1. The van der Waals surface area contributed by atoms with Gasteiger partial charge in [-0.15, -0.1) is 0 Å². The van der Waals surface area contributed by atoms with E-state index in [4.69, 9.17) is 21.1 Å². The van der Waals surface area contributed by atoms with Crippen molar-refractivity contribution in [2.75, 3.05) is 7.11 Å². The maximum Gasteiger partial charge on any atom is 0.311 e. The second-order valence-corrected chi connectivity index (χ2v) is 5.75. The van der Waals surface area contributed by atoms with Crippen LogP contribution in [0.5, 0.6) is 0 Å². The molecular formula is C15H17ClO3. The number of hydrogen-bond donors (Lipinski definition) is 0. The number of methoxy groups -OCH3 is 1. The molecule has 4 heteroatoms. The number of halogens is 1. The highest BCUT2D eigenvalue weighted by Crippen LogP contribution is 2.45. The molecule has 0 aliphatic carbocycles. The summed E-state index contributed by atoms with van der Waals surface area (Å²) in [6.07, 6.45) is 3.17. The van der Waals surface area contributed by atoms with E-state index in [-0.39, 0.29) is 30.0 Å². The van der Waals surface area contributed by atoms with Crippen molar-refractivity contribution < 1.29 is 14.3 Å². The van der Waals surface area contributed by atoms with Crippen LogP contribution in [0.25, 0.3) is 0 Å². The largest absolute Gasteiger partial charge is 0.469 e. The van der Waals surface area contributed by atoms with E-state index in [1.54, 1.807) is 0 Å². The van der Waals surface area contributed by atoms with E-state index in [0.717, 1.165) is 24.8 Å². The number of esters is 1. The molecule has 3 unspecified atom stereocenters. The van der Waals surface area contributed by atoms with Crippen LogP contribution in [-0.4, -0.2) is 25.3 Å². The Bertz CT molecular complexity index is 471. The lowest BCUT2D eigenvalue weighted by Crippen LogP contribution is -2.39. The van der Waals surface area contributed by atoms with E-state index in [1.165, 1.54) is 7.11 Å². The summed E-state index contributed by atoms with van der Waals surface area (Å²) < 4.78 is 10.9. The molecule has 19 heavy (non-hydrogen) atoms. The lowest BCUT2D eigenvalue weighted by molar-refractivity contribution is -0.156. The van der Waals surface area contributed by atoms with Crippen LogP contribution in [0.3, 0.4) is 0 Å². The van der Waals surface area contributed by atoms with Crippen LogP contribution < -0.4 is 0 Å². The van der Waals surface area contributed by atoms with Crippen molar-refractivity contribution in [2.45, 2.75) is 37.4 Å². The normalized spacial score (nSPS) is 33.2. The minimum Gasteiger partial charge on any atom is -0.469 e. The van der Waals surface area contributed by atoms with E-state index in [2.05, 4.69) is 0 Å². The molecule has 2 aliphatic heterocycles. The highest BCUT2D eigenvalue weighted by atomic mass is 35.5. The SMILES string of the molecule is COC(=O)C1C(c2ccc(Cl)cc2)CC2CC[C@@H]1O2. The molecule has 2 heterocycles. The van der Waals surface area contributed by atoms with Gasteiger partial charge in [0, 0.05) is 10.9 Å². The number of ether oxygens (including phenoxy) is 2. The zero-order chi connectivity index (χ0) is 13.4. The Hall–Kier alpha value is -1.06. The zero-order valence-electron chi connectivity index (χ0n) is 10.8. The Kier molecular flexibility index (Phi) is 3.50. The van der Waals surface area contributed by atoms with E-state index in [9.17, 15) is 4.79 Å². The molecule has 102 valence electrons. The quantitative estimate of drug-likeness (QED) is 0.781. The maximum atomic E-state index is 12.1. The fourth-order valence-electron chi connectivity index (χ4n) is 3.37. The van der Waals surface area contributed by atoms with Gasteiger partial charge in [0.05, 0.1) is 25.2 Å². The first-order valence-electron chi connectivity index (χ1n) is 6.68. The van der Waals surface area contributed by atoms with Gasteiger partial charge in [0.15, 0.2) is 0 Å². The fourth-order valence-corrected chi connectivity index (χ4v) is 3.49. The molecule has 3 rings (SSSR count). The first-order valence-corrected chi connectivity index (χ1v) is 7.05. The fraction of sp³-hybridized carbons (Fsp3) is 0.533. The van der Waals surface area contributed by atoms with Crippen molar-refractivity contribution in [3.8, 4) is 0 Å². The number of carbonyl (C=O) groups excluding carboxylic acids is 1. The van der Waals surface area contributed by atoms with Gasteiger partial charge in [-0.05, 0) is 37.0 Å². The number of hydrogen-bond acceptors (Lipinski definition) is 3. The molecule has 0 aromatic heterocycles. The summed E-state index contributed by atoms with van der Waals surface area (Å²) in [6.45, 7) is 0. The average Bonchev–Trinajstić information content (AvgIpc) is 2.80. The van der Waals surface area contributed by atoms with E-state index in [1.807, 2.05) is 24.3 Å². The third-order valence-corrected chi connectivity index (χ3v) is 4.51. The van der Waals surface area contributed by atoms with Crippen molar-refractivity contribution >= 4 is 17.6 Å². The highest BCUT2D eigenvalue weighted by Gasteiger charge is 2.47. The molecule has 2 bridgehead atoms. The van der Waals surface area contributed by atoms with Gasteiger partial charge in [0.25, 0.3) is 0 Å². The lowest BCUT2D eigenvalue weighted by atomic mass is 9.79. The van der Waals surface area contributed by atoms with Gasteiger partial charge in [-0.2, -0.15) is 0 Å². The minimum absolute atomic E-state index is 0.00637. The van der Waals surface area contributed by atoms with Crippen LogP contribution in [0, 0.1) is 5.92 Å². The second-order valence-electron chi connectivity index (χ2n) is 5.32. The number of benzene rings is 1. The molecule has 2 fully saturated rings. The molecule has 0 radical (unpaired) electrons. The van der Waals surface area contributed by atoms with Crippen LogP contribution in [0.1, 0.15) is 30.7 Å². The monoisotopic (exact) mass is 280 g/mol. The second kappa shape index (κ2) is 5.14. The average molecular weight is 281 g/mol. The van der Waals surface area contributed by atoms with Gasteiger partial charge >= 0.3 is 5.97 Å². The van der Waals surface area contributed by atoms with Crippen LogP contribution in [0.15, 0.2) is 24.3 Å².